The van der Waals surface area contributed by atoms with Gasteiger partial charge in [-0.2, -0.15) is 0 Å². The zero-order valence-corrected chi connectivity index (χ0v) is 10.1. The van der Waals surface area contributed by atoms with Crippen LogP contribution < -0.4 is 0 Å². The van der Waals surface area contributed by atoms with E-state index in [2.05, 4.69) is 73.1 Å². The molecule has 84 valence electrons. The van der Waals surface area contributed by atoms with E-state index in [-0.39, 0.29) is 0 Å². The lowest BCUT2D eigenvalue weighted by molar-refractivity contribution is 1.24. The van der Waals surface area contributed by atoms with Crippen molar-refractivity contribution in [1.82, 2.24) is 4.57 Å². The van der Waals surface area contributed by atoms with Crippen LogP contribution in [0.25, 0.3) is 28.0 Å². The number of para-hydroxylation sites is 2. The summed E-state index contributed by atoms with van der Waals surface area (Å²) in [6, 6.07) is 17.1. The average Bonchev–Trinajstić information content (AvgIpc) is 2.65. The normalized spacial score (nSPS) is 10.9. The zero-order chi connectivity index (χ0) is 11.8. The van der Waals surface area contributed by atoms with Gasteiger partial charge in [-0.3, -0.25) is 0 Å². The largest absolute Gasteiger partial charge is 0.316 e. The molecule has 0 unspecified atom stereocenters. The van der Waals surface area contributed by atoms with Gasteiger partial charge in [0.25, 0.3) is 0 Å². The second-order valence-corrected chi connectivity index (χ2v) is 4.61. The van der Waals surface area contributed by atoms with Crippen molar-refractivity contribution in [2.45, 2.75) is 13.8 Å². The zero-order valence-electron chi connectivity index (χ0n) is 10.1. The van der Waals surface area contributed by atoms with Crippen LogP contribution in [0.2, 0.25) is 0 Å². The Bertz CT molecular complexity index is 659. The van der Waals surface area contributed by atoms with Gasteiger partial charge in [0, 0.05) is 17.0 Å². The van der Waals surface area contributed by atoms with Gasteiger partial charge in [-0.1, -0.05) is 42.0 Å². The maximum Gasteiger partial charge on any atom is 0.0534 e. The predicted molar refractivity (Wildman–Crippen MR) is 75.1 cm³/mol. The summed E-state index contributed by atoms with van der Waals surface area (Å²) in [5.74, 6) is 0. The van der Waals surface area contributed by atoms with Crippen LogP contribution in [0.15, 0.2) is 54.1 Å². The molecular formula is C16H15N. The smallest absolute Gasteiger partial charge is 0.0534 e. The summed E-state index contributed by atoms with van der Waals surface area (Å²) in [4.78, 5) is 0. The van der Waals surface area contributed by atoms with E-state index < -0.39 is 0 Å². The van der Waals surface area contributed by atoms with Crippen molar-refractivity contribution < 1.29 is 0 Å². The Balaban J connectivity index is 2.55. The van der Waals surface area contributed by atoms with Gasteiger partial charge in [-0.05, 0) is 26.0 Å². The van der Waals surface area contributed by atoms with Crippen molar-refractivity contribution in [2.24, 2.45) is 0 Å². The molecule has 3 rings (SSSR count). The molecule has 0 saturated carbocycles. The van der Waals surface area contributed by atoms with E-state index >= 15 is 0 Å². The number of hydrogen-bond donors (Lipinski definition) is 0. The van der Waals surface area contributed by atoms with Crippen LogP contribution in [0.3, 0.4) is 0 Å². The highest BCUT2D eigenvalue weighted by Gasteiger charge is 2.07. The third-order valence-corrected chi connectivity index (χ3v) is 3.00. The third-order valence-electron chi connectivity index (χ3n) is 3.00. The summed E-state index contributed by atoms with van der Waals surface area (Å²) in [6.45, 7) is 4.26. The fourth-order valence-electron chi connectivity index (χ4n) is 2.35. The first kappa shape index (κ1) is 10.2. The number of rotatable bonds is 1. The Morgan fingerprint density at radius 2 is 1.29 bits per heavy atom. The first-order valence-corrected chi connectivity index (χ1v) is 5.90. The van der Waals surface area contributed by atoms with Crippen LogP contribution in [-0.2, 0) is 0 Å². The van der Waals surface area contributed by atoms with Crippen LogP contribution in [0.4, 0.5) is 0 Å². The summed E-state index contributed by atoms with van der Waals surface area (Å²) >= 11 is 0. The second-order valence-electron chi connectivity index (χ2n) is 4.61. The third kappa shape index (κ3) is 1.55. The van der Waals surface area contributed by atoms with Crippen LogP contribution in [0.1, 0.15) is 13.8 Å². The van der Waals surface area contributed by atoms with Crippen molar-refractivity contribution in [1.29, 1.82) is 0 Å². The Hall–Kier alpha value is -2.02. The molecule has 0 saturated heterocycles. The van der Waals surface area contributed by atoms with E-state index in [0.717, 1.165) is 0 Å². The standard InChI is InChI=1S/C16H15N/c1-12(2)11-17-15-9-5-3-7-13(15)14-8-4-6-10-16(14)17/h3-11H,1-2H3. The molecule has 0 amide bonds. The molecule has 0 spiro atoms. The maximum absolute atomic E-state index is 2.28. The fraction of sp³-hybridized carbons (Fsp3) is 0.125. The highest BCUT2D eigenvalue weighted by Crippen LogP contribution is 2.29. The molecule has 0 radical (unpaired) electrons. The first-order valence-electron chi connectivity index (χ1n) is 5.90. The van der Waals surface area contributed by atoms with Gasteiger partial charge in [0.1, 0.15) is 0 Å². The van der Waals surface area contributed by atoms with E-state index in [1.54, 1.807) is 0 Å². The number of nitrogens with zero attached hydrogens (tertiary/aromatic N) is 1. The van der Waals surface area contributed by atoms with Gasteiger partial charge in [-0.15, -0.1) is 0 Å². The molecule has 1 aromatic heterocycles. The van der Waals surface area contributed by atoms with Crippen LogP contribution >= 0.6 is 0 Å². The molecule has 0 aliphatic rings. The molecule has 1 heteroatoms. The van der Waals surface area contributed by atoms with Gasteiger partial charge >= 0.3 is 0 Å². The van der Waals surface area contributed by atoms with Crippen LogP contribution in [-0.4, -0.2) is 4.57 Å². The summed E-state index contributed by atoms with van der Waals surface area (Å²) < 4.78 is 2.28. The Morgan fingerprint density at radius 3 is 1.76 bits per heavy atom. The van der Waals surface area contributed by atoms with Gasteiger partial charge in [0.2, 0.25) is 0 Å². The summed E-state index contributed by atoms with van der Waals surface area (Å²) in [5.41, 5.74) is 3.85. The predicted octanol–water partition coefficient (Wildman–Crippen LogP) is 4.68. The number of allylic oxidation sites excluding steroid dienone is 1. The highest BCUT2D eigenvalue weighted by atomic mass is 15.0. The molecule has 0 aliphatic heterocycles. The molecule has 0 atom stereocenters. The van der Waals surface area contributed by atoms with Crippen molar-refractivity contribution >= 4 is 28.0 Å². The Morgan fingerprint density at radius 1 is 0.824 bits per heavy atom. The van der Waals surface area contributed by atoms with E-state index in [1.165, 1.54) is 27.4 Å². The number of benzene rings is 2. The quantitative estimate of drug-likeness (QED) is 0.562. The summed E-state index contributed by atoms with van der Waals surface area (Å²) in [7, 11) is 0. The van der Waals surface area contributed by atoms with Crippen molar-refractivity contribution in [3.63, 3.8) is 0 Å². The minimum Gasteiger partial charge on any atom is -0.316 e. The second kappa shape index (κ2) is 3.77. The Labute approximate surface area is 101 Å². The maximum atomic E-state index is 2.28. The number of aromatic nitrogens is 1. The molecule has 2 aromatic carbocycles. The van der Waals surface area contributed by atoms with Gasteiger partial charge in [0.15, 0.2) is 0 Å². The van der Waals surface area contributed by atoms with Crippen molar-refractivity contribution in [3.05, 3.63) is 54.1 Å². The minimum absolute atomic E-state index is 1.27. The van der Waals surface area contributed by atoms with E-state index in [1.807, 2.05) is 0 Å². The highest BCUT2D eigenvalue weighted by molar-refractivity contribution is 6.09. The van der Waals surface area contributed by atoms with Crippen LogP contribution in [0.5, 0.6) is 0 Å². The molecular weight excluding hydrogens is 206 g/mol. The summed E-state index contributed by atoms with van der Waals surface area (Å²) in [5, 5.41) is 2.64. The molecule has 0 N–H and O–H groups in total. The monoisotopic (exact) mass is 221 g/mol. The minimum atomic E-state index is 1.27. The molecule has 0 fully saturated rings. The van der Waals surface area contributed by atoms with Crippen LogP contribution in [0, 0.1) is 0 Å². The topological polar surface area (TPSA) is 4.93 Å². The lowest BCUT2D eigenvalue weighted by atomic mass is 10.2. The molecule has 1 nitrogen and oxygen atoms in total. The van der Waals surface area contributed by atoms with Gasteiger partial charge < -0.3 is 4.57 Å². The number of fused-ring (bicyclic) bond motifs is 3. The molecule has 0 bridgehead atoms. The van der Waals surface area contributed by atoms with E-state index in [9.17, 15) is 0 Å². The Kier molecular flexibility index (Phi) is 2.25. The molecule has 0 aliphatic carbocycles. The van der Waals surface area contributed by atoms with E-state index in [0.29, 0.717) is 0 Å². The SMILES string of the molecule is CC(C)=Cn1c2ccccc2c2ccccc21. The number of hydrogen-bond acceptors (Lipinski definition) is 0. The van der Waals surface area contributed by atoms with Gasteiger partial charge in [0.05, 0.1) is 11.0 Å². The molecule has 1 heterocycles. The fourth-order valence-corrected chi connectivity index (χ4v) is 2.35. The lowest BCUT2D eigenvalue weighted by Crippen LogP contribution is -1.86. The van der Waals surface area contributed by atoms with Gasteiger partial charge in [-0.25, -0.2) is 0 Å². The lowest BCUT2D eigenvalue weighted by Gasteiger charge is -2.01. The first-order chi connectivity index (χ1) is 8.27. The van der Waals surface area contributed by atoms with E-state index in [4.69, 9.17) is 0 Å². The molecule has 3 aromatic rings. The average molecular weight is 221 g/mol. The molecule has 17 heavy (non-hydrogen) atoms. The van der Waals surface area contributed by atoms with Crippen molar-refractivity contribution in [2.75, 3.05) is 0 Å². The van der Waals surface area contributed by atoms with Crippen molar-refractivity contribution in [3.8, 4) is 0 Å². The summed E-state index contributed by atoms with van der Waals surface area (Å²) in [6.07, 6.45) is 2.20.